The van der Waals surface area contributed by atoms with Crippen LogP contribution >= 0.6 is 0 Å². The van der Waals surface area contributed by atoms with Gasteiger partial charge in [-0.2, -0.15) is 0 Å². The summed E-state index contributed by atoms with van der Waals surface area (Å²) in [7, 11) is 0. The van der Waals surface area contributed by atoms with Crippen LogP contribution in [0.2, 0.25) is 0 Å². The predicted octanol–water partition coefficient (Wildman–Crippen LogP) is 3.08. The Balaban J connectivity index is 1.55. The Morgan fingerprint density at radius 1 is 1.21 bits per heavy atom. The van der Waals surface area contributed by atoms with E-state index in [1.54, 1.807) is 6.07 Å². The van der Waals surface area contributed by atoms with Gasteiger partial charge in [-0.1, -0.05) is 30.6 Å². The molecule has 1 saturated carbocycles. The molecule has 3 atom stereocenters. The second-order valence-electron chi connectivity index (χ2n) is 9.15. The molecule has 5 heteroatoms. The van der Waals surface area contributed by atoms with E-state index in [4.69, 9.17) is 0 Å². The summed E-state index contributed by atoms with van der Waals surface area (Å²) in [5, 5.41) is 3.20. The molecule has 0 aromatic carbocycles. The van der Waals surface area contributed by atoms with Crippen molar-refractivity contribution in [1.82, 2.24) is 14.8 Å². The van der Waals surface area contributed by atoms with Crippen molar-refractivity contribution in [3.8, 4) is 0 Å². The van der Waals surface area contributed by atoms with Gasteiger partial charge in [0.2, 0.25) is 5.91 Å². The van der Waals surface area contributed by atoms with E-state index in [0.29, 0.717) is 18.4 Å². The summed E-state index contributed by atoms with van der Waals surface area (Å²) in [6.07, 6.45) is 7.74. The molecule has 3 heterocycles. The minimum absolute atomic E-state index is 0.0554. The van der Waals surface area contributed by atoms with E-state index in [9.17, 15) is 9.59 Å². The van der Waals surface area contributed by atoms with Crippen LogP contribution in [0.15, 0.2) is 34.6 Å². The summed E-state index contributed by atoms with van der Waals surface area (Å²) >= 11 is 0. The normalized spacial score (nSPS) is 27.3. The van der Waals surface area contributed by atoms with Gasteiger partial charge in [0.15, 0.2) is 0 Å². The molecule has 1 saturated heterocycles. The Morgan fingerprint density at radius 2 is 2.00 bits per heavy atom. The Hall–Kier alpha value is -1.88. The van der Waals surface area contributed by atoms with Gasteiger partial charge in [0, 0.05) is 49.8 Å². The summed E-state index contributed by atoms with van der Waals surface area (Å²) < 4.78 is 1.99. The van der Waals surface area contributed by atoms with Crippen molar-refractivity contribution in [2.45, 2.75) is 57.9 Å². The molecular formula is C23H33N3O2. The number of amides is 1. The molecule has 152 valence electrons. The van der Waals surface area contributed by atoms with Gasteiger partial charge in [-0.3, -0.25) is 14.5 Å². The van der Waals surface area contributed by atoms with E-state index in [0.717, 1.165) is 57.4 Å². The quantitative estimate of drug-likeness (QED) is 0.795. The third kappa shape index (κ3) is 3.95. The standard InChI is InChI=1S/C23H33N3O2/c1-16(2)10-11-25-14-18-12-19(15-25)21(26-20(18)8-5-9-22(26)27)13-24-23(28)17-6-3-4-7-17/h5,8-10,17-19,21H,3-4,6-7,11-15H2,1-2H3,(H,24,28)/t18-,19+,21+/m1/s1. The number of nitrogens with zero attached hydrogens (tertiary/aromatic N) is 2. The van der Waals surface area contributed by atoms with Gasteiger partial charge in [-0.15, -0.1) is 0 Å². The van der Waals surface area contributed by atoms with Gasteiger partial charge in [-0.25, -0.2) is 0 Å². The highest BCUT2D eigenvalue weighted by Gasteiger charge is 2.40. The molecule has 0 radical (unpaired) electrons. The molecular weight excluding hydrogens is 350 g/mol. The largest absolute Gasteiger partial charge is 0.354 e. The summed E-state index contributed by atoms with van der Waals surface area (Å²) in [4.78, 5) is 27.8. The number of piperidine rings is 1. The van der Waals surface area contributed by atoms with Crippen LogP contribution in [0.3, 0.4) is 0 Å². The zero-order chi connectivity index (χ0) is 19.7. The highest BCUT2D eigenvalue weighted by Crippen LogP contribution is 2.40. The predicted molar refractivity (Wildman–Crippen MR) is 111 cm³/mol. The first kappa shape index (κ1) is 19.4. The zero-order valence-electron chi connectivity index (χ0n) is 17.2. The van der Waals surface area contributed by atoms with Crippen LogP contribution in [-0.2, 0) is 4.79 Å². The first-order chi connectivity index (χ1) is 13.5. The summed E-state index contributed by atoms with van der Waals surface area (Å²) in [5.41, 5.74) is 2.56. The van der Waals surface area contributed by atoms with Crippen LogP contribution in [0, 0.1) is 11.8 Å². The SMILES string of the molecule is CC(C)=CCN1C[C@H]2C[C@@H](C1)[C@H](CNC(=O)C1CCCC1)n1c2cccc1=O. The molecule has 5 nitrogen and oxygen atoms in total. The van der Waals surface area contributed by atoms with E-state index in [-0.39, 0.29) is 23.4 Å². The molecule has 3 aliphatic rings. The number of hydrogen-bond acceptors (Lipinski definition) is 3. The first-order valence-corrected chi connectivity index (χ1v) is 10.9. The van der Waals surface area contributed by atoms with Crippen molar-refractivity contribution in [3.63, 3.8) is 0 Å². The van der Waals surface area contributed by atoms with Gasteiger partial charge in [0.05, 0.1) is 6.04 Å². The number of aromatic nitrogens is 1. The maximum atomic E-state index is 12.7. The van der Waals surface area contributed by atoms with Crippen molar-refractivity contribution in [3.05, 3.63) is 45.9 Å². The van der Waals surface area contributed by atoms with Gasteiger partial charge in [0.25, 0.3) is 5.56 Å². The van der Waals surface area contributed by atoms with E-state index in [1.165, 1.54) is 5.57 Å². The number of likely N-dealkylation sites (tertiary alicyclic amines) is 1. The molecule has 1 aromatic heterocycles. The lowest BCUT2D eigenvalue weighted by molar-refractivity contribution is -0.125. The van der Waals surface area contributed by atoms with Crippen LogP contribution in [0.4, 0.5) is 0 Å². The second-order valence-corrected chi connectivity index (χ2v) is 9.15. The molecule has 2 fully saturated rings. The summed E-state index contributed by atoms with van der Waals surface area (Å²) in [6.45, 7) is 7.81. The van der Waals surface area contributed by atoms with Crippen LogP contribution in [0.1, 0.15) is 63.6 Å². The van der Waals surface area contributed by atoms with Gasteiger partial charge in [0.1, 0.15) is 0 Å². The molecule has 28 heavy (non-hydrogen) atoms. The zero-order valence-corrected chi connectivity index (χ0v) is 17.2. The number of hydrogen-bond donors (Lipinski definition) is 1. The van der Waals surface area contributed by atoms with Gasteiger partial charge in [-0.05, 0) is 45.1 Å². The Bertz CT molecular complexity index is 802. The summed E-state index contributed by atoms with van der Waals surface area (Å²) in [6, 6.07) is 5.72. The smallest absolute Gasteiger partial charge is 0.251 e. The fraction of sp³-hybridized carbons (Fsp3) is 0.652. The molecule has 1 amide bonds. The van der Waals surface area contributed by atoms with E-state index < -0.39 is 0 Å². The van der Waals surface area contributed by atoms with Crippen LogP contribution in [0.5, 0.6) is 0 Å². The third-order valence-corrected chi connectivity index (χ3v) is 6.84. The average Bonchev–Trinajstić information content (AvgIpc) is 3.21. The summed E-state index contributed by atoms with van der Waals surface area (Å²) in [5.74, 6) is 1.16. The fourth-order valence-electron chi connectivity index (χ4n) is 5.40. The minimum atomic E-state index is 0.0554. The number of rotatable bonds is 5. The molecule has 1 aliphatic carbocycles. The lowest BCUT2D eigenvalue weighted by Crippen LogP contribution is -2.52. The van der Waals surface area contributed by atoms with Crippen molar-refractivity contribution < 1.29 is 4.79 Å². The Morgan fingerprint density at radius 3 is 2.75 bits per heavy atom. The number of allylic oxidation sites excluding steroid dienone is 1. The number of carbonyl (C=O) groups is 1. The topological polar surface area (TPSA) is 54.3 Å². The minimum Gasteiger partial charge on any atom is -0.354 e. The molecule has 0 spiro atoms. The van der Waals surface area contributed by atoms with Crippen molar-refractivity contribution in [2.24, 2.45) is 11.8 Å². The van der Waals surface area contributed by atoms with Crippen LogP contribution in [0.25, 0.3) is 0 Å². The Kier molecular flexibility index (Phi) is 5.72. The average molecular weight is 384 g/mol. The third-order valence-electron chi connectivity index (χ3n) is 6.84. The van der Waals surface area contributed by atoms with Crippen molar-refractivity contribution in [1.29, 1.82) is 0 Å². The van der Waals surface area contributed by atoms with Gasteiger partial charge < -0.3 is 9.88 Å². The van der Waals surface area contributed by atoms with Crippen LogP contribution < -0.4 is 10.9 Å². The molecule has 2 aliphatic heterocycles. The van der Waals surface area contributed by atoms with Crippen LogP contribution in [-0.4, -0.2) is 41.6 Å². The monoisotopic (exact) mass is 383 g/mol. The maximum Gasteiger partial charge on any atom is 0.251 e. The number of fused-ring (bicyclic) bond motifs is 4. The first-order valence-electron chi connectivity index (χ1n) is 10.9. The fourth-order valence-corrected chi connectivity index (χ4v) is 5.40. The molecule has 0 unspecified atom stereocenters. The second kappa shape index (κ2) is 8.24. The van der Waals surface area contributed by atoms with E-state index in [1.807, 2.05) is 10.6 Å². The highest BCUT2D eigenvalue weighted by molar-refractivity contribution is 5.78. The van der Waals surface area contributed by atoms with Gasteiger partial charge >= 0.3 is 0 Å². The molecule has 2 bridgehead atoms. The van der Waals surface area contributed by atoms with E-state index in [2.05, 4.69) is 36.2 Å². The van der Waals surface area contributed by atoms with E-state index >= 15 is 0 Å². The molecule has 1 N–H and O–H groups in total. The Labute approximate surface area is 167 Å². The van der Waals surface area contributed by atoms with Crippen molar-refractivity contribution in [2.75, 3.05) is 26.2 Å². The molecule has 1 aromatic rings. The lowest BCUT2D eigenvalue weighted by Gasteiger charge is -2.47. The molecule has 4 rings (SSSR count). The van der Waals surface area contributed by atoms with Crippen molar-refractivity contribution >= 4 is 5.91 Å². The number of pyridine rings is 1. The highest BCUT2D eigenvalue weighted by atomic mass is 16.2. The lowest BCUT2D eigenvalue weighted by atomic mass is 9.78. The maximum absolute atomic E-state index is 12.7. The number of carbonyl (C=O) groups excluding carboxylic acids is 1. The number of nitrogens with one attached hydrogen (secondary N) is 1.